The number of carbonyl (C=O) groups is 1. The summed E-state index contributed by atoms with van der Waals surface area (Å²) >= 11 is 0. The standard InChI is InChI=1S/C24H35N3O/c1-17(2)21-23(28)26(6)14-15-27(21)22(25-5)19(4)24(12-7-8-13-24)20-11-9-10-18(3)16-20/h9-11,16,19H,7-8,12-15H2,1-6H3/b25-22-. The number of amides is 1. The van der Waals surface area contributed by atoms with Gasteiger partial charge in [0.1, 0.15) is 11.5 Å². The van der Waals surface area contributed by atoms with E-state index in [4.69, 9.17) is 4.99 Å². The van der Waals surface area contributed by atoms with Crippen LogP contribution in [0, 0.1) is 12.8 Å². The zero-order valence-corrected chi connectivity index (χ0v) is 18.4. The number of aryl methyl sites for hydroxylation is 1. The van der Waals surface area contributed by atoms with E-state index in [1.165, 1.54) is 36.8 Å². The van der Waals surface area contributed by atoms with E-state index in [0.29, 0.717) is 0 Å². The monoisotopic (exact) mass is 381 g/mol. The fraction of sp³-hybridized carbons (Fsp3) is 0.583. The normalized spacial score (nSPS) is 21.3. The van der Waals surface area contributed by atoms with E-state index in [-0.39, 0.29) is 17.2 Å². The van der Waals surface area contributed by atoms with Crippen molar-refractivity contribution in [1.29, 1.82) is 0 Å². The Morgan fingerprint density at radius 3 is 2.43 bits per heavy atom. The molecule has 28 heavy (non-hydrogen) atoms. The zero-order valence-electron chi connectivity index (χ0n) is 18.4. The number of amidine groups is 1. The molecule has 1 aliphatic heterocycles. The van der Waals surface area contributed by atoms with Crippen molar-refractivity contribution >= 4 is 11.7 Å². The number of allylic oxidation sites excluding steroid dienone is 1. The molecule has 4 heteroatoms. The molecule has 0 spiro atoms. The van der Waals surface area contributed by atoms with Gasteiger partial charge in [-0.1, -0.05) is 49.6 Å². The van der Waals surface area contributed by atoms with E-state index in [0.717, 1.165) is 30.2 Å². The SMILES string of the molecule is C/N=C(/C(C)C1(c2cccc(C)c2)CCCC1)N1CCN(C)C(=O)C1=C(C)C. The lowest BCUT2D eigenvalue weighted by atomic mass is 9.68. The van der Waals surface area contributed by atoms with Crippen LogP contribution < -0.4 is 0 Å². The first kappa shape index (κ1) is 20.6. The minimum Gasteiger partial charge on any atom is -0.339 e. The number of hydrogen-bond donors (Lipinski definition) is 0. The maximum atomic E-state index is 12.9. The highest BCUT2D eigenvalue weighted by Gasteiger charge is 2.45. The first-order valence-corrected chi connectivity index (χ1v) is 10.6. The van der Waals surface area contributed by atoms with Gasteiger partial charge in [0.05, 0.1) is 0 Å². The molecule has 0 aromatic heterocycles. The zero-order chi connectivity index (χ0) is 20.5. The van der Waals surface area contributed by atoms with Crippen LogP contribution in [0.2, 0.25) is 0 Å². The largest absolute Gasteiger partial charge is 0.339 e. The van der Waals surface area contributed by atoms with Crippen LogP contribution in [0.25, 0.3) is 0 Å². The van der Waals surface area contributed by atoms with Gasteiger partial charge in [-0.05, 0) is 44.7 Å². The van der Waals surface area contributed by atoms with E-state index in [2.05, 4.69) is 43.0 Å². The second-order valence-corrected chi connectivity index (χ2v) is 8.76. The summed E-state index contributed by atoms with van der Waals surface area (Å²) < 4.78 is 0. The Morgan fingerprint density at radius 2 is 1.86 bits per heavy atom. The molecule has 1 amide bonds. The summed E-state index contributed by atoms with van der Waals surface area (Å²) in [4.78, 5) is 21.7. The van der Waals surface area contributed by atoms with Gasteiger partial charge >= 0.3 is 0 Å². The van der Waals surface area contributed by atoms with Gasteiger partial charge in [-0.3, -0.25) is 9.79 Å². The van der Waals surface area contributed by atoms with Gasteiger partial charge in [0.25, 0.3) is 5.91 Å². The number of nitrogens with zero attached hydrogens (tertiary/aromatic N) is 3. The lowest BCUT2D eigenvalue weighted by molar-refractivity contribution is -0.129. The molecule has 1 heterocycles. The van der Waals surface area contributed by atoms with Crippen molar-refractivity contribution in [2.24, 2.45) is 10.9 Å². The van der Waals surface area contributed by atoms with Crippen LogP contribution in [0.4, 0.5) is 0 Å². The van der Waals surface area contributed by atoms with Gasteiger partial charge in [0.15, 0.2) is 0 Å². The summed E-state index contributed by atoms with van der Waals surface area (Å²) in [5.41, 5.74) is 4.70. The van der Waals surface area contributed by atoms with Crippen LogP contribution >= 0.6 is 0 Å². The van der Waals surface area contributed by atoms with Gasteiger partial charge in [-0.25, -0.2) is 0 Å². The highest BCUT2D eigenvalue weighted by molar-refractivity contribution is 6.01. The van der Waals surface area contributed by atoms with Crippen molar-refractivity contribution in [3.63, 3.8) is 0 Å². The van der Waals surface area contributed by atoms with Crippen molar-refractivity contribution in [2.75, 3.05) is 27.2 Å². The van der Waals surface area contributed by atoms with Crippen molar-refractivity contribution < 1.29 is 4.79 Å². The van der Waals surface area contributed by atoms with Crippen molar-refractivity contribution in [3.8, 4) is 0 Å². The van der Waals surface area contributed by atoms with Crippen LogP contribution in [0.3, 0.4) is 0 Å². The molecular weight excluding hydrogens is 346 g/mol. The molecule has 1 aliphatic carbocycles. The molecular formula is C24H35N3O. The van der Waals surface area contributed by atoms with Crippen LogP contribution in [0.15, 0.2) is 40.5 Å². The highest BCUT2D eigenvalue weighted by atomic mass is 16.2. The van der Waals surface area contributed by atoms with E-state index in [1.54, 1.807) is 0 Å². The van der Waals surface area contributed by atoms with Gasteiger partial charge < -0.3 is 9.80 Å². The van der Waals surface area contributed by atoms with Gasteiger partial charge in [0.2, 0.25) is 0 Å². The Kier molecular flexibility index (Phi) is 5.97. The van der Waals surface area contributed by atoms with Crippen LogP contribution in [-0.2, 0) is 10.2 Å². The van der Waals surface area contributed by atoms with Crippen molar-refractivity contribution in [1.82, 2.24) is 9.80 Å². The summed E-state index contributed by atoms with van der Waals surface area (Å²) in [7, 11) is 3.77. The third-order valence-electron chi connectivity index (χ3n) is 6.76. The minimum absolute atomic E-state index is 0.0972. The third-order valence-corrected chi connectivity index (χ3v) is 6.76. The maximum absolute atomic E-state index is 12.9. The predicted molar refractivity (Wildman–Crippen MR) is 117 cm³/mol. The highest BCUT2D eigenvalue weighted by Crippen LogP contribution is 2.48. The average molecular weight is 382 g/mol. The van der Waals surface area contributed by atoms with Crippen molar-refractivity contribution in [3.05, 3.63) is 46.7 Å². The molecule has 2 fully saturated rings. The number of rotatable bonds is 3. The lowest BCUT2D eigenvalue weighted by Gasteiger charge is -2.44. The molecule has 0 radical (unpaired) electrons. The number of aliphatic imine (C=N–C) groups is 1. The lowest BCUT2D eigenvalue weighted by Crippen LogP contribution is -2.53. The molecule has 152 valence electrons. The second-order valence-electron chi connectivity index (χ2n) is 8.76. The molecule has 1 saturated heterocycles. The van der Waals surface area contributed by atoms with Gasteiger partial charge in [0, 0.05) is 38.5 Å². The summed E-state index contributed by atoms with van der Waals surface area (Å²) in [5, 5.41) is 0. The molecule has 1 atom stereocenters. The fourth-order valence-corrected chi connectivity index (χ4v) is 5.20. The molecule has 0 N–H and O–H groups in total. The molecule has 1 unspecified atom stereocenters. The van der Waals surface area contributed by atoms with Crippen LogP contribution in [-0.4, -0.2) is 48.7 Å². The summed E-state index contributed by atoms with van der Waals surface area (Å²) in [6, 6.07) is 9.00. The molecule has 4 nitrogen and oxygen atoms in total. The molecule has 2 aliphatic rings. The summed E-state index contributed by atoms with van der Waals surface area (Å²) in [5.74, 6) is 1.42. The topological polar surface area (TPSA) is 35.9 Å². The van der Waals surface area contributed by atoms with Crippen molar-refractivity contribution in [2.45, 2.75) is 58.8 Å². The molecule has 1 saturated carbocycles. The number of likely N-dealkylation sites (N-methyl/N-ethyl adjacent to an activating group) is 1. The van der Waals surface area contributed by atoms with E-state index in [1.807, 2.05) is 32.8 Å². The Morgan fingerprint density at radius 1 is 1.18 bits per heavy atom. The number of piperazine rings is 1. The van der Waals surface area contributed by atoms with Gasteiger partial charge in [-0.15, -0.1) is 0 Å². The number of hydrogen-bond acceptors (Lipinski definition) is 2. The Bertz CT molecular complexity index is 798. The first-order chi connectivity index (χ1) is 13.3. The predicted octanol–water partition coefficient (Wildman–Crippen LogP) is 4.54. The molecule has 1 aromatic rings. The average Bonchev–Trinajstić information content (AvgIpc) is 3.16. The molecule has 1 aromatic carbocycles. The van der Waals surface area contributed by atoms with Crippen LogP contribution in [0.5, 0.6) is 0 Å². The van der Waals surface area contributed by atoms with E-state index >= 15 is 0 Å². The third kappa shape index (κ3) is 3.49. The smallest absolute Gasteiger partial charge is 0.270 e. The first-order valence-electron chi connectivity index (χ1n) is 10.6. The number of benzene rings is 1. The maximum Gasteiger partial charge on any atom is 0.270 e. The van der Waals surface area contributed by atoms with E-state index < -0.39 is 0 Å². The Balaban J connectivity index is 2.04. The summed E-state index contributed by atoms with van der Waals surface area (Å²) in [6.07, 6.45) is 4.88. The van der Waals surface area contributed by atoms with E-state index in [9.17, 15) is 4.79 Å². The summed E-state index contributed by atoms with van der Waals surface area (Å²) in [6.45, 7) is 10.1. The fourth-order valence-electron chi connectivity index (χ4n) is 5.20. The molecule has 0 bridgehead atoms. The number of carbonyl (C=O) groups excluding carboxylic acids is 1. The second kappa shape index (κ2) is 8.10. The van der Waals surface area contributed by atoms with Gasteiger partial charge in [-0.2, -0.15) is 0 Å². The quantitative estimate of drug-likeness (QED) is 0.438. The Labute approximate surface area is 170 Å². The Hall–Kier alpha value is -2.10. The minimum atomic E-state index is 0.0972. The molecule has 3 rings (SSSR count). The van der Waals surface area contributed by atoms with Crippen LogP contribution in [0.1, 0.15) is 57.6 Å².